The molecule has 2 aromatic carbocycles. The first-order chi connectivity index (χ1) is 15.4. The predicted octanol–water partition coefficient (Wildman–Crippen LogP) is 2.90. The molecule has 1 saturated heterocycles. The van der Waals surface area contributed by atoms with Gasteiger partial charge in [0, 0.05) is 31.3 Å². The molecule has 3 aromatic rings. The number of hydrogen-bond acceptors (Lipinski definition) is 6. The Balaban J connectivity index is 1.63. The smallest absolute Gasteiger partial charge is 0.293 e. The lowest BCUT2D eigenvalue weighted by molar-refractivity contribution is -0.0197. The minimum atomic E-state index is -0.543. The molecule has 1 fully saturated rings. The Labute approximate surface area is 187 Å². The van der Waals surface area contributed by atoms with Crippen LogP contribution in [0.15, 0.2) is 35.3 Å². The zero-order valence-corrected chi connectivity index (χ0v) is 18.1. The van der Waals surface area contributed by atoms with Gasteiger partial charge in [0.2, 0.25) is 5.82 Å². The largest absolute Gasteiger partial charge is 0.508 e. The predicted molar refractivity (Wildman–Crippen MR) is 115 cm³/mol. The Morgan fingerprint density at radius 1 is 1.28 bits per heavy atom. The summed E-state index contributed by atoms with van der Waals surface area (Å²) in [5, 5.41) is 14.7. The minimum Gasteiger partial charge on any atom is -0.508 e. The van der Waals surface area contributed by atoms with Crippen molar-refractivity contribution in [2.75, 3.05) is 20.2 Å². The number of carbonyl (C=O) groups is 1. The van der Waals surface area contributed by atoms with Gasteiger partial charge in [-0.3, -0.25) is 9.79 Å². The second-order valence-electron chi connectivity index (χ2n) is 7.75. The van der Waals surface area contributed by atoms with E-state index < -0.39 is 5.82 Å². The van der Waals surface area contributed by atoms with E-state index >= 15 is 0 Å². The fraction of sp³-hybridized carbons (Fsp3) is 0.273. The van der Waals surface area contributed by atoms with E-state index in [0.717, 1.165) is 5.56 Å². The highest BCUT2D eigenvalue weighted by Crippen LogP contribution is 2.33. The lowest BCUT2D eigenvalue weighted by Gasteiger charge is -2.37. The standard InChI is InChI=1S/C22H19ClFN5O3/c1-11-3-6-16-18(19(11)23)20(14-7-12(30)4-5-15(14)24)25-8-17-26-21(27-29(16)17)22(31)28-9-13(10-28)32-2/h3-7,13,30H,8-10H2,1-2H3. The van der Waals surface area contributed by atoms with Crippen molar-refractivity contribution in [3.05, 3.63) is 69.5 Å². The molecule has 0 radical (unpaired) electrons. The number of rotatable bonds is 3. The summed E-state index contributed by atoms with van der Waals surface area (Å²) in [6.07, 6.45) is 0.0197. The first kappa shape index (κ1) is 20.6. The van der Waals surface area contributed by atoms with E-state index in [1.165, 1.54) is 22.9 Å². The normalized spacial score (nSPS) is 15.5. The Bertz CT molecular complexity index is 1280. The lowest BCUT2D eigenvalue weighted by Crippen LogP contribution is -2.54. The Morgan fingerprint density at radius 2 is 2.06 bits per heavy atom. The molecule has 0 bridgehead atoms. The van der Waals surface area contributed by atoms with Crippen LogP contribution in [-0.4, -0.2) is 62.7 Å². The number of fused-ring (bicyclic) bond motifs is 3. The van der Waals surface area contributed by atoms with Crippen LogP contribution < -0.4 is 0 Å². The maximum atomic E-state index is 14.7. The molecular weight excluding hydrogens is 437 g/mol. The van der Waals surface area contributed by atoms with E-state index in [1.54, 1.807) is 18.1 Å². The van der Waals surface area contributed by atoms with Gasteiger partial charge in [0.1, 0.15) is 11.6 Å². The number of nitrogens with zero attached hydrogens (tertiary/aromatic N) is 5. The highest BCUT2D eigenvalue weighted by atomic mass is 35.5. The molecule has 164 valence electrons. The molecule has 0 saturated carbocycles. The number of amides is 1. The van der Waals surface area contributed by atoms with Gasteiger partial charge in [0.25, 0.3) is 5.91 Å². The van der Waals surface area contributed by atoms with E-state index in [1.807, 2.05) is 13.0 Å². The van der Waals surface area contributed by atoms with Crippen LogP contribution in [0, 0.1) is 12.7 Å². The second kappa shape index (κ2) is 7.68. The number of hydrogen-bond donors (Lipinski definition) is 1. The fourth-order valence-electron chi connectivity index (χ4n) is 3.84. The van der Waals surface area contributed by atoms with E-state index in [9.17, 15) is 14.3 Å². The van der Waals surface area contributed by atoms with Crippen LogP contribution in [0.4, 0.5) is 4.39 Å². The van der Waals surface area contributed by atoms with Crippen LogP contribution >= 0.6 is 11.6 Å². The van der Waals surface area contributed by atoms with Crippen LogP contribution in [0.25, 0.3) is 5.69 Å². The van der Waals surface area contributed by atoms with Crippen molar-refractivity contribution >= 4 is 23.2 Å². The molecule has 1 aromatic heterocycles. The van der Waals surface area contributed by atoms with Crippen LogP contribution in [0.2, 0.25) is 5.02 Å². The van der Waals surface area contributed by atoms with Crippen molar-refractivity contribution in [2.24, 2.45) is 4.99 Å². The first-order valence-corrected chi connectivity index (χ1v) is 10.4. The molecule has 5 rings (SSSR count). The first-order valence-electron chi connectivity index (χ1n) is 9.98. The maximum absolute atomic E-state index is 14.7. The molecular formula is C22H19ClFN5O3. The number of aromatic hydroxyl groups is 1. The molecule has 8 nitrogen and oxygen atoms in total. The number of phenols is 1. The van der Waals surface area contributed by atoms with Crippen molar-refractivity contribution in [3.8, 4) is 11.4 Å². The van der Waals surface area contributed by atoms with Gasteiger partial charge in [0.15, 0.2) is 5.82 Å². The Morgan fingerprint density at radius 3 is 2.81 bits per heavy atom. The van der Waals surface area contributed by atoms with Crippen LogP contribution in [0.3, 0.4) is 0 Å². The van der Waals surface area contributed by atoms with Gasteiger partial charge in [0.05, 0.1) is 29.1 Å². The monoisotopic (exact) mass is 455 g/mol. The molecule has 0 aliphatic carbocycles. The summed E-state index contributed by atoms with van der Waals surface area (Å²) >= 11 is 6.65. The summed E-state index contributed by atoms with van der Waals surface area (Å²) in [6, 6.07) is 7.35. The highest BCUT2D eigenvalue weighted by molar-refractivity contribution is 6.37. The Hall–Kier alpha value is -3.30. The van der Waals surface area contributed by atoms with Gasteiger partial charge in [-0.2, -0.15) is 0 Å². The van der Waals surface area contributed by atoms with Gasteiger partial charge in [-0.05, 0) is 36.8 Å². The number of aliphatic imine (C=N–C) groups is 1. The van der Waals surface area contributed by atoms with Gasteiger partial charge in [-0.15, -0.1) is 5.10 Å². The van der Waals surface area contributed by atoms with Crippen LogP contribution in [-0.2, 0) is 11.3 Å². The number of benzene rings is 2. The number of phenolic OH excluding ortho intramolecular Hbond substituents is 1. The van der Waals surface area contributed by atoms with Crippen LogP contribution in [0.1, 0.15) is 33.1 Å². The van der Waals surface area contributed by atoms with Crippen molar-refractivity contribution in [3.63, 3.8) is 0 Å². The summed E-state index contributed by atoms with van der Waals surface area (Å²) in [4.78, 5) is 23.4. The van der Waals surface area contributed by atoms with E-state index in [-0.39, 0.29) is 41.4 Å². The van der Waals surface area contributed by atoms with Crippen molar-refractivity contribution < 1.29 is 19.0 Å². The van der Waals surface area contributed by atoms with Crippen LogP contribution in [0.5, 0.6) is 5.75 Å². The number of aromatic nitrogens is 3. The van der Waals surface area contributed by atoms with Gasteiger partial charge in [-0.25, -0.2) is 14.1 Å². The molecule has 1 amide bonds. The molecule has 2 aliphatic rings. The number of carbonyl (C=O) groups excluding carboxylic acids is 1. The van der Waals surface area contributed by atoms with Gasteiger partial charge in [-0.1, -0.05) is 17.7 Å². The molecule has 3 heterocycles. The van der Waals surface area contributed by atoms with E-state index in [2.05, 4.69) is 15.1 Å². The SMILES string of the molecule is COC1CN(C(=O)c2nc3n(n2)-c2ccc(C)c(Cl)c2C(c2cc(O)ccc2F)=NC3)C1. The lowest BCUT2D eigenvalue weighted by atomic mass is 9.98. The second-order valence-corrected chi connectivity index (χ2v) is 8.13. The average molecular weight is 456 g/mol. The molecule has 0 spiro atoms. The number of likely N-dealkylation sites (tertiary alicyclic amines) is 1. The summed E-state index contributed by atoms with van der Waals surface area (Å²) < 4.78 is 21.4. The molecule has 2 aliphatic heterocycles. The molecule has 0 atom stereocenters. The minimum absolute atomic E-state index is 0.0197. The maximum Gasteiger partial charge on any atom is 0.293 e. The summed E-state index contributed by atoms with van der Waals surface area (Å²) in [5.74, 6) is -0.444. The molecule has 0 unspecified atom stereocenters. The van der Waals surface area contributed by atoms with Gasteiger partial charge < -0.3 is 14.7 Å². The molecule has 10 heteroatoms. The third-order valence-electron chi connectivity index (χ3n) is 5.70. The van der Waals surface area contributed by atoms with Crippen molar-refractivity contribution in [2.45, 2.75) is 19.6 Å². The fourth-order valence-corrected chi connectivity index (χ4v) is 4.09. The summed E-state index contributed by atoms with van der Waals surface area (Å²) in [6.45, 7) is 2.85. The highest BCUT2D eigenvalue weighted by Gasteiger charge is 2.34. The molecule has 32 heavy (non-hydrogen) atoms. The third-order valence-corrected chi connectivity index (χ3v) is 6.18. The Kier molecular flexibility index (Phi) is 4.94. The van der Waals surface area contributed by atoms with E-state index in [0.29, 0.717) is 35.2 Å². The van der Waals surface area contributed by atoms with Crippen molar-refractivity contribution in [1.29, 1.82) is 0 Å². The zero-order chi connectivity index (χ0) is 22.6. The average Bonchev–Trinajstić information content (AvgIpc) is 3.10. The van der Waals surface area contributed by atoms with E-state index in [4.69, 9.17) is 16.3 Å². The quantitative estimate of drug-likeness (QED) is 0.655. The summed E-state index contributed by atoms with van der Waals surface area (Å²) in [5.41, 5.74) is 2.16. The van der Waals surface area contributed by atoms with Crippen molar-refractivity contribution in [1.82, 2.24) is 19.7 Å². The van der Waals surface area contributed by atoms with Gasteiger partial charge >= 0.3 is 0 Å². The number of halogens is 2. The number of methoxy groups -OCH3 is 1. The number of aryl methyl sites for hydroxylation is 1. The molecule has 1 N–H and O–H groups in total. The zero-order valence-electron chi connectivity index (χ0n) is 17.3. The number of ether oxygens (including phenoxy) is 1. The topological polar surface area (TPSA) is 92.8 Å². The third kappa shape index (κ3) is 3.25. The summed E-state index contributed by atoms with van der Waals surface area (Å²) in [7, 11) is 1.61.